The quantitative estimate of drug-likeness (QED) is 0.743. The number of fused-ring (bicyclic) bond motifs is 2. The Morgan fingerprint density at radius 3 is 2.12 bits per heavy atom. The van der Waals surface area contributed by atoms with E-state index in [2.05, 4.69) is 53.3 Å². The van der Waals surface area contributed by atoms with Crippen LogP contribution in [0.3, 0.4) is 0 Å². The number of carbonyl (C=O) groups excluding carboxylic acids is 1. The molecule has 0 radical (unpaired) electrons. The van der Waals surface area contributed by atoms with E-state index in [0.717, 1.165) is 25.7 Å². The fourth-order valence-corrected chi connectivity index (χ4v) is 6.15. The number of benzene rings is 2. The Balaban J connectivity index is 1.62. The van der Waals surface area contributed by atoms with Crippen LogP contribution < -0.4 is 4.72 Å². The lowest BCUT2D eigenvalue weighted by Crippen LogP contribution is -2.49. The van der Waals surface area contributed by atoms with Crippen molar-refractivity contribution >= 4 is 16.3 Å². The van der Waals surface area contributed by atoms with Crippen molar-refractivity contribution in [2.75, 3.05) is 13.1 Å². The lowest BCUT2D eigenvalue weighted by atomic mass is 9.76. The van der Waals surface area contributed by atoms with Gasteiger partial charge in [-0.3, -0.25) is 0 Å². The smallest absolute Gasteiger partial charge is 0.422 e. The molecule has 1 unspecified atom stereocenters. The molecule has 2 aliphatic rings. The van der Waals surface area contributed by atoms with E-state index in [0.29, 0.717) is 13.1 Å². The molecule has 1 atom stereocenters. The van der Waals surface area contributed by atoms with Crippen molar-refractivity contribution in [3.05, 3.63) is 70.8 Å². The molecule has 1 fully saturated rings. The van der Waals surface area contributed by atoms with E-state index < -0.39 is 21.9 Å². The highest BCUT2D eigenvalue weighted by Gasteiger charge is 2.37. The Hall–Kier alpha value is -2.38. The molecule has 0 aromatic heterocycles. The van der Waals surface area contributed by atoms with Gasteiger partial charge in [0.15, 0.2) is 0 Å². The number of hydrogen-bond donors (Lipinski definition) is 1. The molecule has 0 spiro atoms. The van der Waals surface area contributed by atoms with Crippen molar-refractivity contribution in [2.24, 2.45) is 5.92 Å². The maximum atomic E-state index is 13.0. The zero-order chi connectivity index (χ0) is 22.9. The zero-order valence-corrected chi connectivity index (χ0v) is 19.8. The van der Waals surface area contributed by atoms with Crippen LogP contribution in [0.25, 0.3) is 0 Å². The first-order chi connectivity index (χ1) is 15.1. The van der Waals surface area contributed by atoms with Gasteiger partial charge >= 0.3 is 16.3 Å². The minimum Gasteiger partial charge on any atom is -0.443 e. The van der Waals surface area contributed by atoms with Gasteiger partial charge in [0, 0.05) is 19.0 Å². The largest absolute Gasteiger partial charge is 0.443 e. The van der Waals surface area contributed by atoms with E-state index in [-0.39, 0.29) is 11.8 Å². The van der Waals surface area contributed by atoms with Crippen LogP contribution in [0.2, 0.25) is 0 Å². The minimum absolute atomic E-state index is 0.124. The molecule has 0 bridgehead atoms. The summed E-state index contributed by atoms with van der Waals surface area (Å²) in [6.07, 6.45) is 2.72. The highest BCUT2D eigenvalue weighted by Crippen LogP contribution is 2.42. The maximum Gasteiger partial charge on any atom is 0.422 e. The van der Waals surface area contributed by atoms with Crippen LogP contribution in [-0.4, -0.2) is 37.5 Å². The lowest BCUT2D eigenvalue weighted by molar-refractivity contribution is 0.0565. The van der Waals surface area contributed by atoms with Gasteiger partial charge < -0.3 is 4.74 Å². The van der Waals surface area contributed by atoms with Crippen LogP contribution in [-0.2, 0) is 27.8 Å². The molecule has 32 heavy (non-hydrogen) atoms. The van der Waals surface area contributed by atoms with Crippen molar-refractivity contribution in [1.29, 1.82) is 0 Å². The average Bonchev–Trinajstić information content (AvgIpc) is 2.89. The molecule has 4 rings (SSSR count). The molecule has 7 heteroatoms. The summed E-state index contributed by atoms with van der Waals surface area (Å²) in [6, 6.07) is 17.1. The number of aryl methyl sites for hydroxylation is 2. The fourth-order valence-electron chi connectivity index (χ4n) is 5.01. The van der Waals surface area contributed by atoms with Crippen LogP contribution in [0.15, 0.2) is 48.5 Å². The second kappa shape index (κ2) is 8.87. The number of ether oxygens (including phenoxy) is 1. The number of nitrogens with one attached hydrogen (secondary N) is 1. The van der Waals surface area contributed by atoms with Gasteiger partial charge in [-0.1, -0.05) is 48.5 Å². The molecule has 6 nitrogen and oxygen atoms in total. The third-order valence-electron chi connectivity index (χ3n) is 6.29. The Bertz CT molecular complexity index is 1040. The van der Waals surface area contributed by atoms with E-state index in [1.807, 2.05) is 0 Å². The summed E-state index contributed by atoms with van der Waals surface area (Å²) in [7, 11) is -3.98. The normalized spacial score (nSPS) is 20.0. The summed E-state index contributed by atoms with van der Waals surface area (Å²) >= 11 is 0. The number of piperidine rings is 1. The molecule has 1 saturated heterocycles. The van der Waals surface area contributed by atoms with Gasteiger partial charge in [-0.15, -0.1) is 0 Å². The van der Waals surface area contributed by atoms with Gasteiger partial charge in [0.05, 0.1) is 0 Å². The first kappa shape index (κ1) is 22.8. The Labute approximate surface area is 191 Å². The average molecular weight is 457 g/mol. The van der Waals surface area contributed by atoms with Crippen molar-refractivity contribution in [3.63, 3.8) is 0 Å². The molecule has 1 N–H and O–H groups in total. The van der Waals surface area contributed by atoms with Crippen LogP contribution in [0, 0.1) is 5.92 Å². The molecule has 2 aromatic rings. The summed E-state index contributed by atoms with van der Waals surface area (Å²) in [6.45, 7) is 5.88. The molecule has 1 aliphatic heterocycles. The van der Waals surface area contributed by atoms with Crippen LogP contribution in [0.4, 0.5) is 4.79 Å². The number of carbonyl (C=O) groups is 1. The highest BCUT2D eigenvalue weighted by atomic mass is 32.2. The summed E-state index contributed by atoms with van der Waals surface area (Å²) < 4.78 is 34.6. The number of amides is 1. The Morgan fingerprint density at radius 1 is 1.00 bits per heavy atom. The van der Waals surface area contributed by atoms with E-state index in [1.54, 1.807) is 20.8 Å². The standard InChI is InChI=1S/C25H32N2O4S/c1-25(2,3)31-24(28)26-32(29,30)27-16-8-11-20(17-27)23-21-12-6-4-9-18(21)14-15-19-10-5-7-13-22(19)23/h4-7,9-10,12-13,20,23H,8,11,14-17H2,1-3H3,(H,26,28). The lowest BCUT2D eigenvalue weighted by Gasteiger charge is -2.37. The van der Waals surface area contributed by atoms with Crippen molar-refractivity contribution < 1.29 is 17.9 Å². The second-order valence-corrected chi connectivity index (χ2v) is 11.4. The van der Waals surface area contributed by atoms with E-state index in [9.17, 15) is 13.2 Å². The molecule has 1 heterocycles. The van der Waals surface area contributed by atoms with Crippen LogP contribution in [0.5, 0.6) is 0 Å². The Morgan fingerprint density at radius 2 is 1.56 bits per heavy atom. The monoisotopic (exact) mass is 456 g/mol. The van der Waals surface area contributed by atoms with Gasteiger partial charge in [-0.05, 0) is 74.6 Å². The third kappa shape index (κ3) is 4.99. The number of nitrogens with zero attached hydrogens (tertiary/aromatic N) is 1. The maximum absolute atomic E-state index is 13.0. The number of hydrogen-bond acceptors (Lipinski definition) is 4. The van der Waals surface area contributed by atoms with Crippen LogP contribution >= 0.6 is 0 Å². The molecule has 1 aliphatic carbocycles. The highest BCUT2D eigenvalue weighted by molar-refractivity contribution is 7.87. The second-order valence-electron chi connectivity index (χ2n) is 9.74. The van der Waals surface area contributed by atoms with Gasteiger partial charge in [-0.25, -0.2) is 9.52 Å². The molecular formula is C25H32N2O4S. The minimum atomic E-state index is -3.98. The topological polar surface area (TPSA) is 75.7 Å². The van der Waals surface area contributed by atoms with Gasteiger partial charge in [0.1, 0.15) is 5.60 Å². The summed E-state index contributed by atoms with van der Waals surface area (Å²) in [5.74, 6) is 0.254. The number of rotatable bonds is 3. The van der Waals surface area contributed by atoms with Gasteiger partial charge in [-0.2, -0.15) is 12.7 Å². The molecule has 1 amide bonds. The molecular weight excluding hydrogens is 424 g/mol. The predicted molar refractivity (Wildman–Crippen MR) is 125 cm³/mol. The molecule has 172 valence electrons. The van der Waals surface area contributed by atoms with E-state index in [1.165, 1.54) is 26.6 Å². The summed E-state index contributed by atoms with van der Waals surface area (Å²) in [5.41, 5.74) is 4.49. The SMILES string of the molecule is CC(C)(C)OC(=O)NS(=O)(=O)N1CCCC(C2c3ccccc3CCc3ccccc32)C1. The van der Waals surface area contributed by atoms with Crippen molar-refractivity contribution in [1.82, 2.24) is 9.03 Å². The van der Waals surface area contributed by atoms with Gasteiger partial charge in [0.2, 0.25) is 0 Å². The predicted octanol–water partition coefficient (Wildman–Crippen LogP) is 4.40. The van der Waals surface area contributed by atoms with Crippen LogP contribution in [0.1, 0.15) is 61.8 Å². The van der Waals surface area contributed by atoms with E-state index >= 15 is 0 Å². The van der Waals surface area contributed by atoms with Gasteiger partial charge in [0.25, 0.3) is 0 Å². The first-order valence-corrected chi connectivity index (χ1v) is 12.7. The third-order valence-corrected chi connectivity index (χ3v) is 7.72. The molecule has 2 aromatic carbocycles. The van der Waals surface area contributed by atoms with E-state index in [4.69, 9.17) is 4.74 Å². The summed E-state index contributed by atoms with van der Waals surface area (Å²) in [5, 5.41) is 0. The Kier molecular flexibility index (Phi) is 6.32. The first-order valence-electron chi connectivity index (χ1n) is 11.3. The fraction of sp³-hybridized carbons (Fsp3) is 0.480. The molecule has 0 saturated carbocycles. The van der Waals surface area contributed by atoms with Crippen molar-refractivity contribution in [3.8, 4) is 0 Å². The van der Waals surface area contributed by atoms with Crippen molar-refractivity contribution in [2.45, 2.75) is 58.0 Å². The summed E-state index contributed by atoms with van der Waals surface area (Å²) in [4.78, 5) is 12.1. The zero-order valence-electron chi connectivity index (χ0n) is 19.0.